The quantitative estimate of drug-likeness (QED) is 0.862. The second-order valence-electron chi connectivity index (χ2n) is 6.33. The Labute approximate surface area is 147 Å². The van der Waals surface area contributed by atoms with Gasteiger partial charge in [0.05, 0.1) is 18.8 Å². The fraction of sp³-hybridized carbons (Fsp3) is 0.389. The summed E-state index contributed by atoms with van der Waals surface area (Å²) < 4.78 is 1.85. The van der Waals surface area contributed by atoms with Crippen LogP contribution in [-0.2, 0) is 17.9 Å². The second-order valence-corrected chi connectivity index (χ2v) is 6.33. The molecule has 3 amide bonds. The molecule has 2 heterocycles. The molecule has 7 heteroatoms. The van der Waals surface area contributed by atoms with Crippen molar-refractivity contribution >= 4 is 11.9 Å². The van der Waals surface area contributed by atoms with Gasteiger partial charge in [0.2, 0.25) is 5.91 Å². The number of hydrogen-bond donors (Lipinski definition) is 2. The normalized spacial score (nSPS) is 17.4. The maximum atomic E-state index is 12.0. The van der Waals surface area contributed by atoms with Gasteiger partial charge in [0.15, 0.2) is 0 Å². The molecule has 7 nitrogen and oxygen atoms in total. The van der Waals surface area contributed by atoms with Crippen LogP contribution in [0.2, 0.25) is 0 Å². The third-order valence-corrected chi connectivity index (χ3v) is 4.28. The highest BCUT2D eigenvalue weighted by Gasteiger charge is 2.23. The van der Waals surface area contributed by atoms with Gasteiger partial charge < -0.3 is 15.5 Å². The number of rotatable bonds is 5. The molecular formula is C18H23N5O2. The lowest BCUT2D eigenvalue weighted by molar-refractivity contribution is -0.132. The lowest BCUT2D eigenvalue weighted by Crippen LogP contribution is -2.50. The van der Waals surface area contributed by atoms with Crippen LogP contribution in [0.25, 0.3) is 0 Å². The largest absolute Gasteiger partial charge is 0.344 e. The topological polar surface area (TPSA) is 79.3 Å². The van der Waals surface area contributed by atoms with Crippen LogP contribution < -0.4 is 10.6 Å². The number of carbonyl (C=O) groups excluding carboxylic acids is 2. The van der Waals surface area contributed by atoms with Crippen molar-refractivity contribution in [2.45, 2.75) is 32.0 Å². The predicted molar refractivity (Wildman–Crippen MR) is 93.8 cm³/mol. The first-order valence-corrected chi connectivity index (χ1v) is 8.45. The predicted octanol–water partition coefficient (Wildman–Crippen LogP) is 1.35. The molecule has 1 saturated heterocycles. The minimum Gasteiger partial charge on any atom is -0.344 e. The molecular weight excluding hydrogens is 318 g/mol. The van der Waals surface area contributed by atoms with E-state index in [0.717, 1.165) is 5.69 Å². The molecule has 1 aliphatic heterocycles. The summed E-state index contributed by atoms with van der Waals surface area (Å²) in [6.45, 7) is 1.63. The van der Waals surface area contributed by atoms with Crippen LogP contribution in [0, 0.1) is 0 Å². The van der Waals surface area contributed by atoms with E-state index in [2.05, 4.69) is 27.9 Å². The first kappa shape index (κ1) is 17.0. The van der Waals surface area contributed by atoms with E-state index in [9.17, 15) is 9.59 Å². The smallest absolute Gasteiger partial charge is 0.315 e. The summed E-state index contributed by atoms with van der Waals surface area (Å²) in [5, 5.41) is 10.2. The number of benzene rings is 1. The van der Waals surface area contributed by atoms with Gasteiger partial charge in [-0.3, -0.25) is 9.48 Å². The van der Waals surface area contributed by atoms with E-state index in [1.165, 1.54) is 5.56 Å². The van der Waals surface area contributed by atoms with Gasteiger partial charge in [-0.15, -0.1) is 0 Å². The number of carbonyl (C=O) groups is 2. The van der Waals surface area contributed by atoms with Crippen LogP contribution in [0.3, 0.4) is 0 Å². The van der Waals surface area contributed by atoms with Crippen LogP contribution >= 0.6 is 0 Å². The van der Waals surface area contributed by atoms with E-state index < -0.39 is 0 Å². The summed E-state index contributed by atoms with van der Waals surface area (Å²) in [5.41, 5.74) is 1.99. The SMILES string of the molecule is CN1C[C@@H](NC(=O)NCc2ccn(Cc3ccccc3)n2)CCC1=O. The average molecular weight is 341 g/mol. The Balaban J connectivity index is 1.44. The van der Waals surface area contributed by atoms with Crippen molar-refractivity contribution in [2.75, 3.05) is 13.6 Å². The van der Waals surface area contributed by atoms with Gasteiger partial charge in [-0.1, -0.05) is 30.3 Å². The molecule has 3 rings (SSSR count). The van der Waals surface area contributed by atoms with E-state index >= 15 is 0 Å². The minimum atomic E-state index is -0.231. The van der Waals surface area contributed by atoms with Crippen molar-refractivity contribution in [2.24, 2.45) is 0 Å². The standard InChI is InChI=1S/C18H23N5O2/c1-22-13-16(7-8-17(22)24)20-18(25)19-11-15-9-10-23(21-15)12-14-5-3-2-4-6-14/h2-6,9-10,16H,7-8,11-13H2,1H3,(H2,19,20,25)/t16-/m0/s1. The van der Waals surface area contributed by atoms with Gasteiger partial charge in [-0.2, -0.15) is 5.10 Å². The number of urea groups is 1. The maximum Gasteiger partial charge on any atom is 0.315 e. The van der Waals surface area contributed by atoms with Crippen molar-refractivity contribution < 1.29 is 9.59 Å². The lowest BCUT2D eigenvalue weighted by Gasteiger charge is -2.30. The summed E-state index contributed by atoms with van der Waals surface area (Å²) >= 11 is 0. The molecule has 0 saturated carbocycles. The van der Waals surface area contributed by atoms with Gasteiger partial charge in [-0.05, 0) is 18.1 Å². The molecule has 2 aromatic rings. The Bertz CT molecular complexity index is 728. The molecule has 25 heavy (non-hydrogen) atoms. The van der Waals surface area contributed by atoms with Crippen LogP contribution in [-0.4, -0.2) is 46.3 Å². The average Bonchev–Trinajstić information content (AvgIpc) is 3.05. The number of likely N-dealkylation sites (N-methyl/N-ethyl adjacent to an activating group) is 1. The highest BCUT2D eigenvalue weighted by atomic mass is 16.2. The third kappa shape index (κ3) is 4.82. The summed E-state index contributed by atoms with van der Waals surface area (Å²) in [4.78, 5) is 25.1. The Morgan fingerprint density at radius 1 is 1.28 bits per heavy atom. The number of hydrogen-bond acceptors (Lipinski definition) is 3. The Kier molecular flexibility index (Phi) is 5.33. The highest BCUT2D eigenvalue weighted by Crippen LogP contribution is 2.09. The first-order chi connectivity index (χ1) is 12.1. The zero-order valence-electron chi connectivity index (χ0n) is 14.3. The van der Waals surface area contributed by atoms with E-state index in [-0.39, 0.29) is 18.0 Å². The van der Waals surface area contributed by atoms with Crippen molar-refractivity contribution in [1.29, 1.82) is 0 Å². The van der Waals surface area contributed by atoms with Crippen LogP contribution in [0.15, 0.2) is 42.6 Å². The van der Waals surface area contributed by atoms with Gasteiger partial charge in [0, 0.05) is 32.3 Å². The van der Waals surface area contributed by atoms with E-state index in [4.69, 9.17) is 0 Å². The summed E-state index contributed by atoms with van der Waals surface area (Å²) in [5.74, 6) is 0.127. The summed E-state index contributed by atoms with van der Waals surface area (Å²) in [7, 11) is 1.76. The fourth-order valence-electron chi connectivity index (χ4n) is 2.89. The van der Waals surface area contributed by atoms with E-state index in [1.54, 1.807) is 11.9 Å². The molecule has 1 aliphatic rings. The second kappa shape index (κ2) is 7.83. The van der Waals surface area contributed by atoms with Crippen LogP contribution in [0.5, 0.6) is 0 Å². The molecule has 0 aliphatic carbocycles. The molecule has 0 unspecified atom stereocenters. The number of nitrogens with zero attached hydrogens (tertiary/aromatic N) is 3. The minimum absolute atomic E-state index is 0.00154. The molecule has 0 bridgehead atoms. The Hall–Kier alpha value is -2.83. The van der Waals surface area contributed by atoms with Gasteiger partial charge in [0.1, 0.15) is 0 Å². The van der Waals surface area contributed by atoms with Gasteiger partial charge in [-0.25, -0.2) is 4.79 Å². The van der Waals surface area contributed by atoms with Crippen molar-refractivity contribution in [3.8, 4) is 0 Å². The lowest BCUT2D eigenvalue weighted by atomic mass is 10.1. The first-order valence-electron chi connectivity index (χ1n) is 8.45. The highest BCUT2D eigenvalue weighted by molar-refractivity contribution is 5.78. The Morgan fingerprint density at radius 3 is 2.84 bits per heavy atom. The number of likely N-dealkylation sites (tertiary alicyclic amines) is 1. The van der Waals surface area contributed by atoms with E-state index in [0.29, 0.717) is 32.5 Å². The molecule has 0 spiro atoms. The maximum absolute atomic E-state index is 12.0. The Morgan fingerprint density at radius 2 is 2.08 bits per heavy atom. The number of aromatic nitrogens is 2. The molecule has 2 N–H and O–H groups in total. The molecule has 1 fully saturated rings. The zero-order chi connectivity index (χ0) is 17.6. The fourth-order valence-corrected chi connectivity index (χ4v) is 2.89. The van der Waals surface area contributed by atoms with Crippen molar-refractivity contribution in [3.05, 3.63) is 53.9 Å². The summed E-state index contributed by atoms with van der Waals surface area (Å²) in [6, 6.07) is 11.8. The van der Waals surface area contributed by atoms with Gasteiger partial charge >= 0.3 is 6.03 Å². The third-order valence-electron chi connectivity index (χ3n) is 4.28. The van der Waals surface area contributed by atoms with Gasteiger partial charge in [0.25, 0.3) is 0 Å². The zero-order valence-corrected chi connectivity index (χ0v) is 14.3. The molecule has 1 aromatic heterocycles. The van der Waals surface area contributed by atoms with Crippen molar-refractivity contribution in [3.63, 3.8) is 0 Å². The number of amides is 3. The molecule has 1 aromatic carbocycles. The molecule has 132 valence electrons. The van der Waals surface area contributed by atoms with Crippen LogP contribution in [0.1, 0.15) is 24.1 Å². The molecule has 0 radical (unpaired) electrons. The summed E-state index contributed by atoms with van der Waals surface area (Å²) in [6.07, 6.45) is 3.07. The van der Waals surface area contributed by atoms with Crippen molar-refractivity contribution in [1.82, 2.24) is 25.3 Å². The molecule has 1 atom stereocenters. The van der Waals surface area contributed by atoms with Crippen LogP contribution in [0.4, 0.5) is 4.79 Å². The van der Waals surface area contributed by atoms with E-state index in [1.807, 2.05) is 35.1 Å². The monoisotopic (exact) mass is 341 g/mol. The number of nitrogens with one attached hydrogen (secondary N) is 2. The number of piperidine rings is 1.